The summed E-state index contributed by atoms with van der Waals surface area (Å²) in [6.45, 7) is 0. The lowest BCUT2D eigenvalue weighted by molar-refractivity contribution is -0.140. The van der Waals surface area contributed by atoms with E-state index in [-0.39, 0.29) is 5.13 Å². The Balaban J connectivity index is 2.81. The molecule has 1 aromatic heterocycles. The number of halogens is 3. The van der Waals surface area contributed by atoms with Crippen LogP contribution in [0, 0.1) is 0 Å². The van der Waals surface area contributed by atoms with E-state index in [0.717, 1.165) is 5.38 Å². The lowest BCUT2D eigenvalue weighted by Crippen LogP contribution is -2.09. The van der Waals surface area contributed by atoms with Gasteiger partial charge in [-0.3, -0.25) is 5.32 Å². The molecule has 0 atom stereocenters. The smallest absolute Gasteiger partial charge is 0.434 e. The van der Waals surface area contributed by atoms with Crippen molar-refractivity contribution < 1.29 is 23.1 Å². The molecule has 1 rings (SSSR count). The fourth-order valence-corrected chi connectivity index (χ4v) is 1.26. The Morgan fingerprint density at radius 3 is 2.62 bits per heavy atom. The van der Waals surface area contributed by atoms with Gasteiger partial charge >= 0.3 is 12.3 Å². The van der Waals surface area contributed by atoms with E-state index >= 15 is 0 Å². The number of nitrogens with one attached hydrogen (secondary N) is 1. The molecule has 0 bridgehead atoms. The van der Waals surface area contributed by atoms with Crippen LogP contribution in [0.5, 0.6) is 0 Å². The Hall–Kier alpha value is -1.31. The predicted octanol–water partition coefficient (Wildman–Crippen LogP) is 2.25. The molecule has 13 heavy (non-hydrogen) atoms. The maximum absolute atomic E-state index is 11.9. The average Bonchev–Trinajstić information content (AvgIpc) is 2.32. The molecule has 1 aromatic rings. The molecule has 72 valence electrons. The van der Waals surface area contributed by atoms with Gasteiger partial charge in [0.1, 0.15) is 0 Å². The predicted molar refractivity (Wildman–Crippen MR) is 38.8 cm³/mol. The number of hydrogen-bond acceptors (Lipinski definition) is 3. The largest absolute Gasteiger partial charge is 0.465 e. The van der Waals surface area contributed by atoms with Crippen LogP contribution in [0.4, 0.5) is 23.1 Å². The minimum Gasteiger partial charge on any atom is -0.465 e. The van der Waals surface area contributed by atoms with Gasteiger partial charge < -0.3 is 5.11 Å². The fraction of sp³-hybridized carbons (Fsp3) is 0.200. The van der Waals surface area contributed by atoms with Gasteiger partial charge in [-0.1, -0.05) is 0 Å². The van der Waals surface area contributed by atoms with E-state index < -0.39 is 18.0 Å². The summed E-state index contributed by atoms with van der Waals surface area (Å²) in [5.41, 5.74) is -1.10. The van der Waals surface area contributed by atoms with Gasteiger partial charge in [-0.25, -0.2) is 9.78 Å². The first-order valence-corrected chi connectivity index (χ1v) is 3.80. The Labute approximate surface area is 74.0 Å². The molecule has 8 heteroatoms. The SMILES string of the molecule is O=C(O)Nc1nc(C(F)(F)F)cs1. The molecule has 1 heterocycles. The molecular formula is C5H3F3N2O2S. The number of anilines is 1. The molecule has 0 saturated heterocycles. The average molecular weight is 212 g/mol. The van der Waals surface area contributed by atoms with Crippen LogP contribution in [0.2, 0.25) is 0 Å². The summed E-state index contributed by atoms with van der Waals surface area (Å²) in [4.78, 5) is 13.0. The number of thiazole rings is 1. The zero-order chi connectivity index (χ0) is 10.1. The third-order valence-electron chi connectivity index (χ3n) is 1.01. The van der Waals surface area contributed by atoms with E-state index in [4.69, 9.17) is 5.11 Å². The van der Waals surface area contributed by atoms with Gasteiger partial charge in [0.2, 0.25) is 0 Å². The number of carbonyl (C=O) groups is 1. The second-order valence-electron chi connectivity index (χ2n) is 1.97. The summed E-state index contributed by atoms with van der Waals surface area (Å²) in [7, 11) is 0. The van der Waals surface area contributed by atoms with Crippen LogP contribution in [-0.4, -0.2) is 16.2 Å². The Morgan fingerprint density at radius 1 is 1.62 bits per heavy atom. The topological polar surface area (TPSA) is 62.2 Å². The molecule has 0 unspecified atom stereocenters. The minimum atomic E-state index is -4.53. The first-order chi connectivity index (χ1) is 5.89. The summed E-state index contributed by atoms with van der Waals surface area (Å²) in [5, 5.41) is 10.3. The van der Waals surface area contributed by atoms with Crippen molar-refractivity contribution in [3.63, 3.8) is 0 Å². The summed E-state index contributed by atoms with van der Waals surface area (Å²) in [6.07, 6.45) is -5.97. The van der Waals surface area contributed by atoms with Crippen LogP contribution < -0.4 is 5.32 Å². The highest BCUT2D eigenvalue weighted by Crippen LogP contribution is 2.31. The van der Waals surface area contributed by atoms with Crippen molar-refractivity contribution in [1.29, 1.82) is 0 Å². The summed E-state index contributed by atoms with van der Waals surface area (Å²) >= 11 is 0.582. The highest BCUT2D eigenvalue weighted by atomic mass is 32.1. The molecule has 0 radical (unpaired) electrons. The Bertz CT molecular complexity index is 322. The second kappa shape index (κ2) is 3.21. The number of hydrogen-bond donors (Lipinski definition) is 2. The molecular weight excluding hydrogens is 209 g/mol. The quantitative estimate of drug-likeness (QED) is 0.750. The Kier molecular flexibility index (Phi) is 2.41. The Morgan fingerprint density at radius 2 is 2.23 bits per heavy atom. The third-order valence-corrected chi connectivity index (χ3v) is 1.77. The van der Waals surface area contributed by atoms with Crippen molar-refractivity contribution >= 4 is 22.6 Å². The van der Waals surface area contributed by atoms with Gasteiger partial charge in [0, 0.05) is 5.38 Å². The van der Waals surface area contributed by atoms with E-state index in [1.165, 1.54) is 0 Å². The molecule has 2 N–H and O–H groups in total. The van der Waals surface area contributed by atoms with E-state index in [2.05, 4.69) is 4.98 Å². The van der Waals surface area contributed by atoms with Gasteiger partial charge in [-0.05, 0) is 0 Å². The maximum atomic E-state index is 11.9. The first kappa shape index (κ1) is 9.78. The van der Waals surface area contributed by atoms with Gasteiger partial charge in [0.25, 0.3) is 0 Å². The fourth-order valence-electron chi connectivity index (χ4n) is 0.553. The van der Waals surface area contributed by atoms with Crippen molar-refractivity contribution in [2.24, 2.45) is 0 Å². The molecule has 0 aliphatic heterocycles. The number of nitrogens with zero attached hydrogens (tertiary/aromatic N) is 1. The molecule has 0 spiro atoms. The first-order valence-electron chi connectivity index (χ1n) is 2.92. The summed E-state index contributed by atoms with van der Waals surface area (Å²) in [6, 6.07) is 0. The zero-order valence-corrected chi connectivity index (χ0v) is 6.74. The second-order valence-corrected chi connectivity index (χ2v) is 2.82. The molecule has 1 amide bonds. The minimum absolute atomic E-state index is 0.292. The number of rotatable bonds is 1. The molecule has 0 aromatic carbocycles. The number of aromatic nitrogens is 1. The maximum Gasteiger partial charge on any atom is 0.434 e. The van der Waals surface area contributed by atoms with Crippen LogP contribution in [0.3, 0.4) is 0 Å². The van der Waals surface area contributed by atoms with Crippen LogP contribution >= 0.6 is 11.3 Å². The lowest BCUT2D eigenvalue weighted by Gasteiger charge is -1.99. The van der Waals surface area contributed by atoms with Gasteiger partial charge in [-0.15, -0.1) is 11.3 Å². The monoisotopic (exact) mass is 212 g/mol. The van der Waals surface area contributed by atoms with Crippen molar-refractivity contribution in [1.82, 2.24) is 4.98 Å². The van der Waals surface area contributed by atoms with Gasteiger partial charge in [0.15, 0.2) is 10.8 Å². The highest BCUT2D eigenvalue weighted by Gasteiger charge is 2.33. The van der Waals surface area contributed by atoms with Crippen molar-refractivity contribution in [3.8, 4) is 0 Å². The van der Waals surface area contributed by atoms with Crippen molar-refractivity contribution in [2.45, 2.75) is 6.18 Å². The highest BCUT2D eigenvalue weighted by molar-refractivity contribution is 7.13. The number of amides is 1. The van der Waals surface area contributed by atoms with E-state index in [0.29, 0.717) is 11.3 Å². The van der Waals surface area contributed by atoms with E-state index in [1.54, 1.807) is 5.32 Å². The summed E-state index contributed by atoms with van der Waals surface area (Å²) < 4.78 is 35.7. The normalized spacial score (nSPS) is 11.3. The van der Waals surface area contributed by atoms with Crippen LogP contribution in [0.1, 0.15) is 5.69 Å². The molecule has 0 fully saturated rings. The lowest BCUT2D eigenvalue weighted by atomic mass is 10.5. The third kappa shape index (κ3) is 2.58. The van der Waals surface area contributed by atoms with Gasteiger partial charge in [-0.2, -0.15) is 13.2 Å². The zero-order valence-electron chi connectivity index (χ0n) is 5.92. The molecule has 0 aliphatic rings. The van der Waals surface area contributed by atoms with E-state index in [9.17, 15) is 18.0 Å². The molecule has 0 saturated carbocycles. The van der Waals surface area contributed by atoms with Crippen molar-refractivity contribution in [2.75, 3.05) is 5.32 Å². The van der Waals surface area contributed by atoms with Crippen LogP contribution in [0.15, 0.2) is 5.38 Å². The van der Waals surface area contributed by atoms with E-state index in [1.807, 2.05) is 0 Å². The number of alkyl halides is 3. The van der Waals surface area contributed by atoms with Crippen molar-refractivity contribution in [3.05, 3.63) is 11.1 Å². The number of carboxylic acid groups (broad SMARTS) is 1. The standard InChI is InChI=1S/C5H3F3N2O2S/c6-5(7,8)2-1-13-3(9-2)10-4(11)12/h1H,(H,9,10)(H,11,12). The summed E-state index contributed by atoms with van der Waals surface area (Å²) in [5.74, 6) is 0. The molecule has 0 aliphatic carbocycles. The molecule has 4 nitrogen and oxygen atoms in total. The van der Waals surface area contributed by atoms with Crippen LogP contribution in [-0.2, 0) is 6.18 Å². The van der Waals surface area contributed by atoms with Gasteiger partial charge in [0.05, 0.1) is 0 Å². The van der Waals surface area contributed by atoms with Crippen LogP contribution in [0.25, 0.3) is 0 Å².